The maximum atomic E-state index is 12.4. The van der Waals surface area contributed by atoms with Gasteiger partial charge in [-0.1, -0.05) is 48.0 Å². The highest BCUT2D eigenvalue weighted by Gasteiger charge is 2.19. The van der Waals surface area contributed by atoms with E-state index in [1.807, 2.05) is 55.5 Å². The zero-order valence-electron chi connectivity index (χ0n) is 19.3. The first kappa shape index (κ1) is 21.8. The molecule has 0 aliphatic carbocycles. The lowest BCUT2D eigenvalue weighted by atomic mass is 10.2. The molecule has 0 radical (unpaired) electrons. The van der Waals surface area contributed by atoms with E-state index in [0.29, 0.717) is 5.75 Å². The summed E-state index contributed by atoms with van der Waals surface area (Å²) >= 11 is 0. The molecule has 0 saturated carbocycles. The van der Waals surface area contributed by atoms with E-state index in [1.165, 1.54) is 5.69 Å². The number of ether oxygens (including phenoxy) is 1. The fraction of sp³-hybridized carbons (Fsp3) is 0.214. The SMILES string of the molecule is Cc1ccc(NC(=O)COc2cccc3ccc(N4CCN(c5ccccc5)CC4)nc23)cc1. The topological polar surface area (TPSA) is 57.7 Å². The van der Waals surface area contributed by atoms with Crippen molar-refractivity contribution in [2.75, 3.05) is 47.9 Å². The van der Waals surface area contributed by atoms with Crippen LogP contribution in [0.4, 0.5) is 17.2 Å². The number of hydrogen-bond acceptors (Lipinski definition) is 5. The van der Waals surface area contributed by atoms with Gasteiger partial charge in [0, 0.05) is 42.9 Å². The molecule has 3 aromatic carbocycles. The lowest BCUT2D eigenvalue weighted by molar-refractivity contribution is -0.118. The maximum absolute atomic E-state index is 12.4. The predicted octanol–water partition coefficient (Wildman–Crippen LogP) is 4.89. The number of aromatic nitrogens is 1. The van der Waals surface area contributed by atoms with Gasteiger partial charge in [0.15, 0.2) is 6.61 Å². The Morgan fingerprint density at radius 1 is 0.853 bits per heavy atom. The number of aryl methyl sites for hydroxylation is 1. The van der Waals surface area contributed by atoms with Crippen LogP contribution in [0.15, 0.2) is 84.9 Å². The van der Waals surface area contributed by atoms with Crippen LogP contribution >= 0.6 is 0 Å². The molecule has 0 spiro atoms. The lowest BCUT2D eigenvalue weighted by Crippen LogP contribution is -2.46. The van der Waals surface area contributed by atoms with E-state index in [4.69, 9.17) is 9.72 Å². The number of carbonyl (C=O) groups is 1. The minimum absolute atomic E-state index is 0.0748. The summed E-state index contributed by atoms with van der Waals surface area (Å²) < 4.78 is 5.89. The van der Waals surface area contributed by atoms with Crippen LogP contribution in [-0.2, 0) is 4.79 Å². The predicted molar refractivity (Wildman–Crippen MR) is 138 cm³/mol. The van der Waals surface area contributed by atoms with Crippen LogP contribution in [0.2, 0.25) is 0 Å². The third-order valence-corrected chi connectivity index (χ3v) is 6.09. The molecule has 1 fully saturated rings. The number of nitrogens with zero attached hydrogens (tertiary/aromatic N) is 3. The first-order chi connectivity index (χ1) is 16.7. The molecular weight excluding hydrogens is 424 g/mol. The van der Waals surface area contributed by atoms with E-state index in [0.717, 1.165) is 54.2 Å². The van der Waals surface area contributed by atoms with Crippen molar-refractivity contribution in [3.8, 4) is 5.75 Å². The van der Waals surface area contributed by atoms with Crippen molar-refractivity contribution in [3.63, 3.8) is 0 Å². The summed E-state index contributed by atoms with van der Waals surface area (Å²) in [7, 11) is 0. The van der Waals surface area contributed by atoms with Gasteiger partial charge in [0.1, 0.15) is 17.1 Å². The summed E-state index contributed by atoms with van der Waals surface area (Å²) in [5, 5.41) is 3.86. The molecule has 6 nitrogen and oxygen atoms in total. The Hall–Kier alpha value is -4.06. The van der Waals surface area contributed by atoms with Crippen LogP contribution in [0.5, 0.6) is 5.75 Å². The summed E-state index contributed by atoms with van der Waals surface area (Å²) in [5.41, 5.74) is 3.93. The molecule has 1 saturated heterocycles. The quantitative estimate of drug-likeness (QED) is 0.452. The normalized spacial score (nSPS) is 13.7. The average molecular weight is 453 g/mol. The van der Waals surface area contributed by atoms with Crippen molar-refractivity contribution in [1.82, 2.24) is 4.98 Å². The molecule has 1 aliphatic heterocycles. The standard InChI is InChI=1S/C28H28N4O2/c1-21-10-13-23(14-11-21)29-27(33)20-34-25-9-5-6-22-12-15-26(30-28(22)25)32-18-16-31(17-19-32)24-7-3-2-4-8-24/h2-15H,16-20H2,1H3,(H,29,33). The summed E-state index contributed by atoms with van der Waals surface area (Å²) in [6.45, 7) is 5.63. The molecule has 0 bridgehead atoms. The summed E-state index contributed by atoms with van der Waals surface area (Å²) in [6, 6.07) is 28.2. The lowest BCUT2D eigenvalue weighted by Gasteiger charge is -2.36. The van der Waals surface area contributed by atoms with Crippen molar-refractivity contribution in [3.05, 3.63) is 90.5 Å². The first-order valence-corrected chi connectivity index (χ1v) is 11.6. The van der Waals surface area contributed by atoms with Gasteiger partial charge < -0.3 is 19.9 Å². The molecule has 0 atom stereocenters. The van der Waals surface area contributed by atoms with E-state index >= 15 is 0 Å². The average Bonchev–Trinajstić information content (AvgIpc) is 2.89. The summed E-state index contributed by atoms with van der Waals surface area (Å²) in [5.74, 6) is 1.34. The highest BCUT2D eigenvalue weighted by Crippen LogP contribution is 2.27. The highest BCUT2D eigenvalue weighted by molar-refractivity contribution is 5.92. The Balaban J connectivity index is 1.26. The molecular formula is C28H28N4O2. The molecule has 5 rings (SSSR count). The molecule has 6 heteroatoms. The minimum Gasteiger partial charge on any atom is -0.481 e. The second-order valence-electron chi connectivity index (χ2n) is 8.51. The van der Waals surface area contributed by atoms with Crippen LogP contribution in [0.1, 0.15) is 5.56 Å². The van der Waals surface area contributed by atoms with E-state index < -0.39 is 0 Å². The van der Waals surface area contributed by atoms with E-state index in [-0.39, 0.29) is 12.5 Å². The van der Waals surface area contributed by atoms with Crippen LogP contribution in [-0.4, -0.2) is 43.7 Å². The van der Waals surface area contributed by atoms with E-state index in [1.54, 1.807) is 0 Å². The number of para-hydroxylation sites is 2. The zero-order valence-corrected chi connectivity index (χ0v) is 19.3. The fourth-order valence-electron chi connectivity index (χ4n) is 4.21. The van der Waals surface area contributed by atoms with Gasteiger partial charge in [0.2, 0.25) is 0 Å². The van der Waals surface area contributed by atoms with Gasteiger partial charge in [0.25, 0.3) is 5.91 Å². The number of pyridine rings is 1. The van der Waals surface area contributed by atoms with Gasteiger partial charge in [-0.05, 0) is 49.4 Å². The number of benzene rings is 3. The Kier molecular flexibility index (Phi) is 6.29. The molecule has 2 heterocycles. The van der Waals surface area contributed by atoms with Gasteiger partial charge in [-0.25, -0.2) is 4.98 Å². The van der Waals surface area contributed by atoms with Crippen molar-refractivity contribution in [1.29, 1.82) is 0 Å². The monoisotopic (exact) mass is 452 g/mol. The van der Waals surface area contributed by atoms with Crippen LogP contribution < -0.4 is 19.9 Å². The largest absolute Gasteiger partial charge is 0.481 e. The first-order valence-electron chi connectivity index (χ1n) is 11.6. The fourth-order valence-corrected chi connectivity index (χ4v) is 4.21. The Morgan fingerprint density at radius 3 is 2.35 bits per heavy atom. The van der Waals surface area contributed by atoms with Crippen molar-refractivity contribution >= 4 is 34.0 Å². The van der Waals surface area contributed by atoms with Crippen LogP contribution in [0.25, 0.3) is 10.9 Å². The summed E-state index contributed by atoms with van der Waals surface area (Å²) in [4.78, 5) is 22.0. The van der Waals surface area contributed by atoms with Gasteiger partial charge in [-0.15, -0.1) is 0 Å². The van der Waals surface area contributed by atoms with Crippen LogP contribution in [0.3, 0.4) is 0 Å². The second-order valence-corrected chi connectivity index (χ2v) is 8.51. The van der Waals surface area contributed by atoms with E-state index in [9.17, 15) is 4.79 Å². The molecule has 1 aliphatic rings. The second kappa shape index (κ2) is 9.83. The number of amides is 1. The Labute approximate surface area is 199 Å². The van der Waals surface area contributed by atoms with Crippen molar-refractivity contribution in [2.45, 2.75) is 6.92 Å². The molecule has 1 N–H and O–H groups in total. The van der Waals surface area contributed by atoms with E-state index in [2.05, 4.69) is 51.5 Å². The molecule has 34 heavy (non-hydrogen) atoms. The molecule has 1 aromatic heterocycles. The van der Waals surface area contributed by atoms with Gasteiger partial charge in [-0.2, -0.15) is 0 Å². The third-order valence-electron chi connectivity index (χ3n) is 6.09. The van der Waals surface area contributed by atoms with Gasteiger partial charge in [-0.3, -0.25) is 4.79 Å². The number of fused-ring (bicyclic) bond motifs is 1. The Bertz CT molecular complexity index is 1270. The number of nitrogens with one attached hydrogen (secondary N) is 1. The smallest absolute Gasteiger partial charge is 0.262 e. The van der Waals surface area contributed by atoms with Crippen LogP contribution in [0, 0.1) is 6.92 Å². The zero-order chi connectivity index (χ0) is 23.3. The highest BCUT2D eigenvalue weighted by atomic mass is 16.5. The van der Waals surface area contributed by atoms with Gasteiger partial charge in [0.05, 0.1) is 0 Å². The minimum atomic E-state index is -0.200. The molecule has 4 aromatic rings. The maximum Gasteiger partial charge on any atom is 0.262 e. The number of anilines is 3. The summed E-state index contributed by atoms with van der Waals surface area (Å²) in [6.07, 6.45) is 0. The Morgan fingerprint density at radius 2 is 1.59 bits per heavy atom. The third kappa shape index (κ3) is 4.96. The van der Waals surface area contributed by atoms with Gasteiger partial charge >= 0.3 is 0 Å². The number of hydrogen-bond donors (Lipinski definition) is 1. The van der Waals surface area contributed by atoms with Crippen molar-refractivity contribution in [2.24, 2.45) is 0 Å². The number of rotatable bonds is 6. The molecule has 1 amide bonds. The number of piperazine rings is 1. The number of carbonyl (C=O) groups excluding carboxylic acids is 1. The molecule has 172 valence electrons. The van der Waals surface area contributed by atoms with Crippen molar-refractivity contribution < 1.29 is 9.53 Å². The molecule has 0 unspecified atom stereocenters.